The average Bonchev–Trinajstić information content (AvgIpc) is 2.71. The Morgan fingerprint density at radius 2 is 1.89 bits per heavy atom. The van der Waals surface area contributed by atoms with Crippen LogP contribution in [-0.2, 0) is 6.42 Å². The van der Waals surface area contributed by atoms with Crippen LogP contribution in [0.25, 0.3) is 0 Å². The fourth-order valence-electron chi connectivity index (χ4n) is 3.14. The Hall–Kier alpha value is -1.02. The van der Waals surface area contributed by atoms with Gasteiger partial charge in [-0.2, -0.15) is 0 Å². The topological polar surface area (TPSA) is 21.3 Å². The van der Waals surface area contributed by atoms with Crippen molar-refractivity contribution in [3.8, 4) is 5.75 Å². The van der Waals surface area contributed by atoms with Crippen molar-refractivity contribution in [1.29, 1.82) is 0 Å². The normalized spacial score (nSPS) is 28.3. The van der Waals surface area contributed by atoms with Gasteiger partial charge < -0.3 is 10.1 Å². The lowest BCUT2D eigenvalue weighted by atomic mass is 9.96. The number of ether oxygens (including phenoxy) is 1. The molecule has 0 saturated heterocycles. The molecule has 1 fully saturated rings. The molecule has 2 rings (SSSR count). The van der Waals surface area contributed by atoms with Crippen LogP contribution >= 0.6 is 0 Å². The van der Waals surface area contributed by atoms with Crippen molar-refractivity contribution in [2.24, 2.45) is 11.8 Å². The van der Waals surface area contributed by atoms with Crippen LogP contribution in [0.1, 0.15) is 39.2 Å². The lowest BCUT2D eigenvalue weighted by Crippen LogP contribution is -2.39. The Balaban J connectivity index is 1.85. The molecule has 0 heterocycles. The van der Waals surface area contributed by atoms with Gasteiger partial charge in [-0.15, -0.1) is 0 Å². The summed E-state index contributed by atoms with van der Waals surface area (Å²) in [5, 5.41) is 3.80. The van der Waals surface area contributed by atoms with E-state index in [0.717, 1.165) is 24.0 Å². The lowest BCUT2D eigenvalue weighted by Gasteiger charge is -2.24. The average molecular weight is 261 g/mol. The summed E-state index contributed by atoms with van der Waals surface area (Å²) in [6.07, 6.45) is 3.78. The molecule has 1 saturated carbocycles. The number of hydrogen-bond donors (Lipinski definition) is 1. The van der Waals surface area contributed by atoms with Crippen molar-refractivity contribution >= 4 is 0 Å². The minimum Gasteiger partial charge on any atom is -0.497 e. The molecule has 19 heavy (non-hydrogen) atoms. The fourth-order valence-corrected chi connectivity index (χ4v) is 3.14. The zero-order valence-electron chi connectivity index (χ0n) is 12.6. The molecular formula is C17H27NO. The smallest absolute Gasteiger partial charge is 0.118 e. The Morgan fingerprint density at radius 3 is 2.42 bits per heavy atom. The second kappa shape index (κ2) is 6.42. The summed E-state index contributed by atoms with van der Waals surface area (Å²) in [5.74, 6) is 2.60. The van der Waals surface area contributed by atoms with E-state index in [-0.39, 0.29) is 0 Å². The molecule has 0 spiro atoms. The van der Waals surface area contributed by atoms with E-state index in [0.29, 0.717) is 12.1 Å². The highest BCUT2D eigenvalue weighted by Crippen LogP contribution is 2.31. The maximum absolute atomic E-state index is 5.19. The van der Waals surface area contributed by atoms with Crippen LogP contribution in [0.4, 0.5) is 0 Å². The molecular weight excluding hydrogens is 234 g/mol. The van der Waals surface area contributed by atoms with Gasteiger partial charge in [0.2, 0.25) is 0 Å². The van der Waals surface area contributed by atoms with E-state index < -0.39 is 0 Å². The lowest BCUT2D eigenvalue weighted by molar-refractivity contribution is 0.343. The van der Waals surface area contributed by atoms with Crippen LogP contribution in [0.2, 0.25) is 0 Å². The van der Waals surface area contributed by atoms with Crippen molar-refractivity contribution < 1.29 is 4.74 Å². The van der Waals surface area contributed by atoms with Crippen LogP contribution < -0.4 is 10.1 Å². The SMILES string of the molecule is COc1ccc(CC(C)NC2CCC(C)C2C)cc1. The first kappa shape index (κ1) is 14.4. The minimum absolute atomic E-state index is 0.533. The van der Waals surface area contributed by atoms with E-state index in [1.54, 1.807) is 7.11 Å². The molecule has 4 atom stereocenters. The molecule has 0 amide bonds. The van der Waals surface area contributed by atoms with E-state index in [4.69, 9.17) is 4.74 Å². The molecule has 4 unspecified atom stereocenters. The highest BCUT2D eigenvalue weighted by atomic mass is 16.5. The molecule has 0 radical (unpaired) electrons. The third kappa shape index (κ3) is 3.73. The summed E-state index contributed by atoms with van der Waals surface area (Å²) in [7, 11) is 1.71. The zero-order chi connectivity index (χ0) is 13.8. The zero-order valence-corrected chi connectivity index (χ0v) is 12.6. The van der Waals surface area contributed by atoms with Crippen LogP contribution in [0, 0.1) is 11.8 Å². The molecule has 2 nitrogen and oxygen atoms in total. The summed E-state index contributed by atoms with van der Waals surface area (Å²) in [6.45, 7) is 7.05. The van der Waals surface area contributed by atoms with Crippen molar-refractivity contribution in [3.05, 3.63) is 29.8 Å². The Kier molecular flexibility index (Phi) is 4.87. The molecule has 1 aromatic carbocycles. The number of hydrogen-bond acceptors (Lipinski definition) is 2. The molecule has 0 aliphatic heterocycles. The van der Waals surface area contributed by atoms with Crippen molar-refractivity contribution in [3.63, 3.8) is 0 Å². The second-order valence-electron chi connectivity index (χ2n) is 6.14. The Morgan fingerprint density at radius 1 is 1.21 bits per heavy atom. The van der Waals surface area contributed by atoms with Gasteiger partial charge in [0.05, 0.1) is 7.11 Å². The molecule has 106 valence electrons. The maximum Gasteiger partial charge on any atom is 0.118 e. The maximum atomic E-state index is 5.19. The quantitative estimate of drug-likeness (QED) is 0.873. The molecule has 0 bridgehead atoms. The highest BCUT2D eigenvalue weighted by Gasteiger charge is 2.30. The second-order valence-corrected chi connectivity index (χ2v) is 6.14. The van der Waals surface area contributed by atoms with Crippen LogP contribution in [0.5, 0.6) is 5.75 Å². The highest BCUT2D eigenvalue weighted by molar-refractivity contribution is 5.27. The molecule has 1 aromatic rings. The summed E-state index contributed by atoms with van der Waals surface area (Å²) >= 11 is 0. The first-order chi connectivity index (χ1) is 9.10. The molecule has 1 aliphatic rings. The van der Waals surface area contributed by atoms with Crippen LogP contribution in [-0.4, -0.2) is 19.2 Å². The summed E-state index contributed by atoms with van der Waals surface area (Å²) in [4.78, 5) is 0. The van der Waals surface area contributed by atoms with E-state index in [2.05, 4.69) is 38.2 Å². The van der Waals surface area contributed by atoms with Gasteiger partial charge in [0.1, 0.15) is 5.75 Å². The largest absolute Gasteiger partial charge is 0.497 e. The van der Waals surface area contributed by atoms with Crippen LogP contribution in [0.3, 0.4) is 0 Å². The van der Waals surface area contributed by atoms with Gasteiger partial charge in [0.15, 0.2) is 0 Å². The van der Waals surface area contributed by atoms with Crippen molar-refractivity contribution in [1.82, 2.24) is 5.32 Å². The number of nitrogens with one attached hydrogen (secondary N) is 1. The van der Waals surface area contributed by atoms with Gasteiger partial charge in [0, 0.05) is 12.1 Å². The number of methoxy groups -OCH3 is 1. The minimum atomic E-state index is 0.533. The van der Waals surface area contributed by atoms with E-state index >= 15 is 0 Å². The molecule has 1 aliphatic carbocycles. The fraction of sp³-hybridized carbons (Fsp3) is 0.647. The van der Waals surface area contributed by atoms with E-state index in [1.165, 1.54) is 18.4 Å². The van der Waals surface area contributed by atoms with Gasteiger partial charge in [0.25, 0.3) is 0 Å². The summed E-state index contributed by atoms with van der Waals surface area (Å²) < 4.78 is 5.19. The monoisotopic (exact) mass is 261 g/mol. The third-order valence-corrected chi connectivity index (χ3v) is 4.66. The third-order valence-electron chi connectivity index (χ3n) is 4.66. The van der Waals surface area contributed by atoms with Crippen LogP contribution in [0.15, 0.2) is 24.3 Å². The summed E-state index contributed by atoms with van der Waals surface area (Å²) in [5.41, 5.74) is 1.37. The number of benzene rings is 1. The first-order valence-corrected chi connectivity index (χ1v) is 7.49. The standard InChI is InChI=1S/C17H27NO/c1-12-5-10-17(14(12)3)18-13(2)11-15-6-8-16(19-4)9-7-15/h6-9,12-14,17-18H,5,10-11H2,1-4H3. The molecule has 2 heteroatoms. The van der Waals surface area contributed by atoms with E-state index in [9.17, 15) is 0 Å². The number of rotatable bonds is 5. The Labute approximate surface area is 117 Å². The van der Waals surface area contributed by atoms with Gasteiger partial charge in [-0.05, 0) is 55.7 Å². The predicted molar refractivity (Wildman–Crippen MR) is 80.6 cm³/mol. The molecule has 1 N–H and O–H groups in total. The molecule has 0 aromatic heterocycles. The van der Waals surface area contributed by atoms with Gasteiger partial charge in [-0.3, -0.25) is 0 Å². The Bertz CT molecular complexity index is 387. The van der Waals surface area contributed by atoms with Gasteiger partial charge in [-0.1, -0.05) is 26.0 Å². The predicted octanol–water partition coefficient (Wildman–Crippen LogP) is 3.65. The van der Waals surface area contributed by atoms with Gasteiger partial charge in [-0.25, -0.2) is 0 Å². The van der Waals surface area contributed by atoms with E-state index in [1.807, 2.05) is 12.1 Å². The van der Waals surface area contributed by atoms with Crippen molar-refractivity contribution in [2.45, 2.75) is 52.1 Å². The summed E-state index contributed by atoms with van der Waals surface area (Å²) in [6, 6.07) is 9.65. The van der Waals surface area contributed by atoms with Crippen molar-refractivity contribution in [2.75, 3.05) is 7.11 Å². The van der Waals surface area contributed by atoms with Gasteiger partial charge >= 0.3 is 0 Å². The first-order valence-electron chi connectivity index (χ1n) is 7.49.